The molecule has 0 aliphatic carbocycles. The molecule has 0 unspecified atom stereocenters. The third kappa shape index (κ3) is 2.51. The van der Waals surface area contributed by atoms with Crippen molar-refractivity contribution in [2.75, 3.05) is 11.4 Å². The van der Waals surface area contributed by atoms with E-state index >= 15 is 0 Å². The average molecular weight is 273 g/mol. The van der Waals surface area contributed by atoms with Gasteiger partial charge in [-0.3, -0.25) is 4.68 Å². The van der Waals surface area contributed by atoms with E-state index in [-0.39, 0.29) is 12.1 Å². The fraction of sp³-hybridized carbons (Fsp3) is 0.500. The Kier molecular flexibility index (Phi) is 3.40. The van der Waals surface area contributed by atoms with Crippen LogP contribution in [0, 0.1) is 6.92 Å². The summed E-state index contributed by atoms with van der Waals surface area (Å²) in [5.41, 5.74) is 2.03. The standard InChI is InChI=1S/C14H19N5O/c1-10-3-4-14(17-16-10)19-6-5-13(20)12(19)7-11-8-15-18(2)9-11/h3-4,8-9,12-13,20H,5-7H2,1-2H3/t12-,13-/m0/s1. The summed E-state index contributed by atoms with van der Waals surface area (Å²) >= 11 is 0. The maximum absolute atomic E-state index is 10.2. The van der Waals surface area contributed by atoms with Crippen LogP contribution in [0.15, 0.2) is 24.5 Å². The number of aromatic nitrogens is 4. The van der Waals surface area contributed by atoms with Crippen molar-refractivity contribution < 1.29 is 5.11 Å². The summed E-state index contributed by atoms with van der Waals surface area (Å²) in [5.74, 6) is 0.834. The molecule has 2 aromatic rings. The molecule has 1 aliphatic heterocycles. The molecular weight excluding hydrogens is 254 g/mol. The first-order valence-corrected chi connectivity index (χ1v) is 6.86. The Hall–Kier alpha value is -1.95. The molecule has 106 valence electrons. The summed E-state index contributed by atoms with van der Waals surface area (Å²) in [4.78, 5) is 2.14. The lowest BCUT2D eigenvalue weighted by Gasteiger charge is -2.26. The van der Waals surface area contributed by atoms with Crippen LogP contribution in [0.3, 0.4) is 0 Å². The van der Waals surface area contributed by atoms with Crippen molar-refractivity contribution in [2.45, 2.75) is 31.9 Å². The van der Waals surface area contributed by atoms with Crippen molar-refractivity contribution in [3.8, 4) is 0 Å². The van der Waals surface area contributed by atoms with Crippen LogP contribution < -0.4 is 4.90 Å². The molecule has 0 radical (unpaired) electrons. The van der Waals surface area contributed by atoms with Gasteiger partial charge in [-0.2, -0.15) is 10.2 Å². The molecule has 6 nitrogen and oxygen atoms in total. The quantitative estimate of drug-likeness (QED) is 0.891. The molecule has 2 atom stereocenters. The fourth-order valence-electron chi connectivity index (χ4n) is 2.73. The van der Waals surface area contributed by atoms with Gasteiger partial charge in [-0.15, -0.1) is 5.10 Å². The van der Waals surface area contributed by atoms with Gasteiger partial charge in [0.05, 0.1) is 24.0 Å². The van der Waals surface area contributed by atoms with Gasteiger partial charge in [0.15, 0.2) is 5.82 Å². The Morgan fingerprint density at radius 1 is 1.35 bits per heavy atom. The summed E-state index contributed by atoms with van der Waals surface area (Å²) in [7, 11) is 1.90. The Bertz CT molecular complexity index is 580. The molecule has 0 aromatic carbocycles. The normalized spacial score (nSPS) is 22.4. The van der Waals surface area contributed by atoms with Crippen molar-refractivity contribution in [3.63, 3.8) is 0 Å². The van der Waals surface area contributed by atoms with Gasteiger partial charge >= 0.3 is 0 Å². The summed E-state index contributed by atoms with van der Waals surface area (Å²) in [6, 6.07) is 3.96. The molecule has 1 aliphatic rings. The van der Waals surface area contributed by atoms with E-state index in [9.17, 15) is 5.11 Å². The van der Waals surface area contributed by atoms with Gasteiger partial charge in [0.2, 0.25) is 0 Å². The van der Waals surface area contributed by atoms with Crippen LogP contribution in [-0.4, -0.2) is 43.8 Å². The highest BCUT2D eigenvalue weighted by Crippen LogP contribution is 2.26. The summed E-state index contributed by atoms with van der Waals surface area (Å²) < 4.78 is 1.78. The van der Waals surface area contributed by atoms with E-state index in [4.69, 9.17) is 0 Å². The number of rotatable bonds is 3. The van der Waals surface area contributed by atoms with Crippen LogP contribution in [0.25, 0.3) is 0 Å². The van der Waals surface area contributed by atoms with E-state index in [1.807, 2.05) is 38.5 Å². The molecule has 3 heterocycles. The summed E-state index contributed by atoms with van der Waals surface area (Å²) in [6.07, 6.45) is 5.04. The highest BCUT2D eigenvalue weighted by molar-refractivity contribution is 5.41. The smallest absolute Gasteiger partial charge is 0.151 e. The van der Waals surface area contributed by atoms with Crippen LogP contribution >= 0.6 is 0 Å². The maximum atomic E-state index is 10.2. The Morgan fingerprint density at radius 2 is 2.20 bits per heavy atom. The zero-order valence-electron chi connectivity index (χ0n) is 11.8. The monoisotopic (exact) mass is 273 g/mol. The van der Waals surface area contributed by atoms with Gasteiger partial charge in [-0.1, -0.05) is 0 Å². The van der Waals surface area contributed by atoms with Gasteiger partial charge in [0, 0.05) is 19.8 Å². The molecule has 1 fully saturated rings. The third-order valence-corrected chi connectivity index (χ3v) is 3.79. The molecule has 6 heteroatoms. The van der Waals surface area contributed by atoms with Crippen LogP contribution in [0.5, 0.6) is 0 Å². The van der Waals surface area contributed by atoms with E-state index in [0.29, 0.717) is 0 Å². The molecule has 2 aromatic heterocycles. The molecule has 0 amide bonds. The topological polar surface area (TPSA) is 67.1 Å². The van der Waals surface area contributed by atoms with Crippen molar-refractivity contribution in [1.82, 2.24) is 20.0 Å². The molecule has 20 heavy (non-hydrogen) atoms. The van der Waals surface area contributed by atoms with Crippen LogP contribution in [0.2, 0.25) is 0 Å². The van der Waals surface area contributed by atoms with Gasteiger partial charge in [-0.25, -0.2) is 0 Å². The molecule has 0 saturated carbocycles. The van der Waals surface area contributed by atoms with Gasteiger partial charge in [-0.05, 0) is 37.5 Å². The molecule has 1 saturated heterocycles. The van der Waals surface area contributed by atoms with E-state index in [2.05, 4.69) is 20.2 Å². The predicted molar refractivity (Wildman–Crippen MR) is 75.4 cm³/mol. The fourth-order valence-corrected chi connectivity index (χ4v) is 2.73. The molecule has 0 spiro atoms. The van der Waals surface area contributed by atoms with E-state index in [0.717, 1.165) is 36.5 Å². The number of aliphatic hydroxyl groups excluding tert-OH is 1. The zero-order chi connectivity index (χ0) is 14.1. The molecule has 3 rings (SSSR count). The number of aliphatic hydroxyl groups is 1. The van der Waals surface area contributed by atoms with Gasteiger partial charge in [0.1, 0.15) is 0 Å². The van der Waals surface area contributed by atoms with Gasteiger partial charge in [0.25, 0.3) is 0 Å². The van der Waals surface area contributed by atoms with E-state index < -0.39 is 0 Å². The van der Waals surface area contributed by atoms with Crippen LogP contribution in [-0.2, 0) is 13.5 Å². The average Bonchev–Trinajstić information content (AvgIpc) is 2.99. The van der Waals surface area contributed by atoms with Crippen molar-refractivity contribution >= 4 is 5.82 Å². The summed E-state index contributed by atoms with van der Waals surface area (Å²) in [6.45, 7) is 2.73. The van der Waals surface area contributed by atoms with E-state index in [1.54, 1.807) is 4.68 Å². The first-order valence-electron chi connectivity index (χ1n) is 6.86. The van der Waals surface area contributed by atoms with Crippen LogP contribution in [0.4, 0.5) is 5.82 Å². The Balaban J connectivity index is 1.81. The Labute approximate surface area is 118 Å². The lowest BCUT2D eigenvalue weighted by atomic mass is 10.0. The lowest BCUT2D eigenvalue weighted by molar-refractivity contribution is 0.164. The minimum absolute atomic E-state index is 0.0382. The minimum Gasteiger partial charge on any atom is -0.391 e. The molecule has 1 N–H and O–H groups in total. The second-order valence-electron chi connectivity index (χ2n) is 5.38. The number of anilines is 1. The SMILES string of the molecule is Cc1ccc(N2CC[C@H](O)[C@@H]2Cc2cnn(C)c2)nn1. The zero-order valence-corrected chi connectivity index (χ0v) is 11.8. The first kappa shape index (κ1) is 13.1. The predicted octanol–water partition coefficient (Wildman–Crippen LogP) is 0.701. The highest BCUT2D eigenvalue weighted by Gasteiger charge is 2.34. The largest absolute Gasteiger partial charge is 0.391 e. The lowest BCUT2D eigenvalue weighted by Crippen LogP contribution is -2.37. The maximum Gasteiger partial charge on any atom is 0.151 e. The third-order valence-electron chi connectivity index (χ3n) is 3.79. The van der Waals surface area contributed by atoms with Crippen LogP contribution in [0.1, 0.15) is 17.7 Å². The number of aryl methyl sites for hydroxylation is 2. The number of hydrogen-bond donors (Lipinski definition) is 1. The van der Waals surface area contributed by atoms with E-state index in [1.165, 1.54) is 0 Å². The van der Waals surface area contributed by atoms with Crippen molar-refractivity contribution in [3.05, 3.63) is 35.8 Å². The summed E-state index contributed by atoms with van der Waals surface area (Å²) in [5, 5.41) is 22.7. The highest BCUT2D eigenvalue weighted by atomic mass is 16.3. The number of nitrogens with zero attached hydrogens (tertiary/aromatic N) is 5. The van der Waals surface area contributed by atoms with Crippen molar-refractivity contribution in [1.29, 1.82) is 0 Å². The Morgan fingerprint density at radius 3 is 2.85 bits per heavy atom. The first-order chi connectivity index (χ1) is 9.63. The molecular formula is C14H19N5O. The van der Waals surface area contributed by atoms with Crippen molar-refractivity contribution in [2.24, 2.45) is 7.05 Å². The number of hydrogen-bond acceptors (Lipinski definition) is 5. The molecule has 0 bridgehead atoms. The minimum atomic E-state index is -0.335. The second-order valence-corrected chi connectivity index (χ2v) is 5.38. The second kappa shape index (κ2) is 5.20. The van der Waals surface area contributed by atoms with Gasteiger partial charge < -0.3 is 10.0 Å².